The standard InChI is InChI=1S/C35H30F20O10/c1-7-13-24(14-61-19(56)8-2,15-62-20(57)9-3)26(36,37)28(40,41)30(44,45)32(48,49)34(52,53)35(54,55)33(50,51)31(46,47)29(42,43)27(38,39)25(16-63-21(58)10-4,17-64-22(59)11-5)18-65-23(60)12-6/h7-12H,1-6,13-18H2. The van der Waals surface area contributed by atoms with E-state index in [1.165, 1.54) is 0 Å². The van der Waals surface area contributed by atoms with Crippen LogP contribution in [0.3, 0.4) is 0 Å². The molecule has 0 N–H and O–H groups in total. The van der Waals surface area contributed by atoms with E-state index in [2.05, 4.69) is 63.2 Å². The number of rotatable bonds is 28. The molecule has 0 amide bonds. The number of ether oxygens (including phenoxy) is 5. The minimum atomic E-state index is -9.53. The quantitative estimate of drug-likeness (QED) is 0.0247. The second-order valence-electron chi connectivity index (χ2n) is 12.9. The molecule has 10 nitrogen and oxygen atoms in total. The molecule has 0 fully saturated rings. The summed E-state index contributed by atoms with van der Waals surface area (Å²) >= 11 is 0. The van der Waals surface area contributed by atoms with Crippen LogP contribution in [0.15, 0.2) is 75.9 Å². The number of allylic oxidation sites excluding steroid dienone is 1. The van der Waals surface area contributed by atoms with Gasteiger partial charge in [-0.05, 0) is 6.42 Å². The molecule has 0 bridgehead atoms. The molecule has 0 aliphatic carbocycles. The predicted octanol–water partition coefficient (Wildman–Crippen LogP) is 8.53. The Kier molecular flexibility index (Phi) is 18.2. The first-order chi connectivity index (χ1) is 29.1. The Morgan fingerprint density at radius 1 is 0.292 bits per heavy atom. The van der Waals surface area contributed by atoms with E-state index in [-0.39, 0.29) is 36.5 Å². The van der Waals surface area contributed by atoms with E-state index in [0.29, 0.717) is 0 Å². The average Bonchev–Trinajstić information content (AvgIpc) is 3.22. The highest BCUT2D eigenvalue weighted by atomic mass is 19.4. The first-order valence-corrected chi connectivity index (χ1v) is 16.4. The molecule has 0 rings (SSSR count). The van der Waals surface area contributed by atoms with Crippen molar-refractivity contribution in [2.24, 2.45) is 10.8 Å². The molecule has 0 radical (unpaired) electrons. The summed E-state index contributed by atoms with van der Waals surface area (Å²) < 4.78 is 325. The van der Waals surface area contributed by atoms with Crippen LogP contribution in [0.2, 0.25) is 0 Å². The first kappa shape index (κ1) is 59.4. The van der Waals surface area contributed by atoms with Gasteiger partial charge in [0.25, 0.3) is 0 Å². The van der Waals surface area contributed by atoms with E-state index < -0.39 is 139 Å². The number of halogens is 20. The smallest absolute Gasteiger partial charge is 0.385 e. The number of esters is 5. The highest BCUT2D eigenvalue weighted by Crippen LogP contribution is 2.68. The van der Waals surface area contributed by atoms with E-state index in [0.717, 1.165) is 0 Å². The molecule has 0 unspecified atom stereocenters. The summed E-state index contributed by atoms with van der Waals surface area (Å²) in [5, 5.41) is 0. The minimum absolute atomic E-state index is 0.0122. The van der Waals surface area contributed by atoms with Gasteiger partial charge < -0.3 is 23.7 Å². The van der Waals surface area contributed by atoms with Crippen LogP contribution >= 0.6 is 0 Å². The molecular formula is C35H30F20O10. The van der Waals surface area contributed by atoms with Gasteiger partial charge in [-0.25, -0.2) is 24.0 Å². The zero-order valence-electron chi connectivity index (χ0n) is 32.1. The summed E-state index contributed by atoms with van der Waals surface area (Å²) in [7, 11) is 0. The molecule has 0 aromatic carbocycles. The molecule has 0 heterocycles. The lowest BCUT2D eigenvalue weighted by molar-refractivity contribution is -0.476. The molecule has 0 aliphatic heterocycles. The molecule has 0 aliphatic rings. The lowest BCUT2D eigenvalue weighted by Crippen LogP contribution is -2.78. The van der Waals surface area contributed by atoms with Crippen molar-refractivity contribution in [2.75, 3.05) is 33.0 Å². The Morgan fingerprint density at radius 3 is 0.615 bits per heavy atom. The monoisotopic (exact) mass is 990 g/mol. The van der Waals surface area contributed by atoms with Crippen molar-refractivity contribution in [1.29, 1.82) is 0 Å². The van der Waals surface area contributed by atoms with Crippen LogP contribution in [0, 0.1) is 10.8 Å². The third-order valence-corrected chi connectivity index (χ3v) is 8.70. The summed E-state index contributed by atoms with van der Waals surface area (Å²) in [6.07, 6.45) is -2.32. The van der Waals surface area contributed by atoms with Crippen molar-refractivity contribution in [2.45, 2.75) is 65.6 Å². The van der Waals surface area contributed by atoms with Crippen LogP contribution in [0.4, 0.5) is 87.8 Å². The Bertz CT molecular complexity index is 1780. The van der Waals surface area contributed by atoms with Crippen LogP contribution in [0.1, 0.15) is 6.42 Å². The molecule has 0 aromatic heterocycles. The normalized spacial score (nSPS) is 14.0. The van der Waals surface area contributed by atoms with Gasteiger partial charge in [0.1, 0.15) is 43.9 Å². The van der Waals surface area contributed by atoms with Crippen LogP contribution in [-0.4, -0.2) is 122 Å². The van der Waals surface area contributed by atoms with Gasteiger partial charge in [-0.3, -0.25) is 0 Å². The van der Waals surface area contributed by atoms with Crippen molar-refractivity contribution in [3.05, 3.63) is 75.9 Å². The summed E-state index contributed by atoms with van der Waals surface area (Å²) in [6, 6.07) is 0. The maximum Gasteiger partial charge on any atom is 0.385 e. The highest BCUT2D eigenvalue weighted by Gasteiger charge is 2.99. The fourth-order valence-corrected chi connectivity index (χ4v) is 4.73. The number of hydrogen-bond acceptors (Lipinski definition) is 10. The summed E-state index contributed by atoms with van der Waals surface area (Å²) in [5.74, 6) is -98.4. The van der Waals surface area contributed by atoms with Crippen molar-refractivity contribution in [3.8, 4) is 0 Å². The lowest BCUT2D eigenvalue weighted by Gasteiger charge is -2.48. The van der Waals surface area contributed by atoms with Gasteiger partial charge in [0.15, 0.2) is 0 Å². The molecule has 0 aromatic rings. The van der Waals surface area contributed by atoms with Gasteiger partial charge in [-0.2, -0.15) is 87.8 Å². The molecule has 0 saturated carbocycles. The Morgan fingerprint density at radius 2 is 0.446 bits per heavy atom. The zero-order chi connectivity index (χ0) is 51.9. The van der Waals surface area contributed by atoms with Gasteiger partial charge >= 0.3 is 89.1 Å². The fourth-order valence-electron chi connectivity index (χ4n) is 4.73. The van der Waals surface area contributed by atoms with Crippen LogP contribution in [0.25, 0.3) is 0 Å². The lowest BCUT2D eigenvalue weighted by atomic mass is 9.73. The Balaban J connectivity index is 8.17. The number of carbonyl (C=O) groups is 5. The van der Waals surface area contributed by atoms with Gasteiger partial charge in [0.05, 0.1) is 0 Å². The maximum absolute atomic E-state index is 15.9. The summed E-state index contributed by atoms with van der Waals surface area (Å²) in [6.45, 7) is 2.59. The van der Waals surface area contributed by atoms with E-state index >= 15 is 61.5 Å². The second-order valence-corrected chi connectivity index (χ2v) is 12.9. The summed E-state index contributed by atoms with van der Waals surface area (Å²) in [5.41, 5.74) is -9.74. The highest BCUT2D eigenvalue weighted by molar-refractivity contribution is 5.83. The molecule has 65 heavy (non-hydrogen) atoms. The number of alkyl halides is 20. The van der Waals surface area contributed by atoms with E-state index in [4.69, 9.17) is 0 Å². The largest absolute Gasteiger partial charge is 0.462 e. The molecule has 0 saturated heterocycles. The van der Waals surface area contributed by atoms with Crippen molar-refractivity contribution in [3.63, 3.8) is 0 Å². The van der Waals surface area contributed by atoms with Crippen molar-refractivity contribution >= 4 is 29.8 Å². The zero-order valence-corrected chi connectivity index (χ0v) is 32.1. The second kappa shape index (κ2) is 19.9. The van der Waals surface area contributed by atoms with E-state index in [1.807, 2.05) is 0 Å². The van der Waals surface area contributed by atoms with Crippen LogP contribution in [-0.2, 0) is 47.7 Å². The predicted molar refractivity (Wildman–Crippen MR) is 175 cm³/mol. The van der Waals surface area contributed by atoms with Crippen molar-refractivity contribution in [1.82, 2.24) is 0 Å². The minimum Gasteiger partial charge on any atom is -0.462 e. The number of carbonyl (C=O) groups excluding carboxylic acids is 5. The number of hydrogen-bond donors (Lipinski definition) is 0. The van der Waals surface area contributed by atoms with Crippen molar-refractivity contribution < 1.29 is 135 Å². The third-order valence-electron chi connectivity index (χ3n) is 8.70. The Labute approximate surface area is 351 Å². The molecule has 0 atom stereocenters. The van der Waals surface area contributed by atoms with Gasteiger partial charge in [-0.1, -0.05) is 39.0 Å². The topological polar surface area (TPSA) is 132 Å². The molecule has 30 heteroatoms. The average molecular weight is 991 g/mol. The van der Waals surface area contributed by atoms with Crippen LogP contribution < -0.4 is 0 Å². The summed E-state index contributed by atoms with van der Waals surface area (Å²) in [4.78, 5) is 57.9. The van der Waals surface area contributed by atoms with Crippen LogP contribution in [0.5, 0.6) is 0 Å². The molecule has 370 valence electrons. The van der Waals surface area contributed by atoms with E-state index in [1.54, 1.807) is 0 Å². The Hall–Kier alpha value is -5.61. The van der Waals surface area contributed by atoms with Gasteiger partial charge in [-0.15, -0.1) is 6.58 Å². The third kappa shape index (κ3) is 9.84. The van der Waals surface area contributed by atoms with Gasteiger partial charge in [0.2, 0.25) is 0 Å². The first-order valence-electron chi connectivity index (χ1n) is 16.4. The molecule has 0 spiro atoms. The molecular weight excluding hydrogens is 960 g/mol. The fraction of sp³-hybridized carbons (Fsp3) is 0.514. The van der Waals surface area contributed by atoms with E-state index in [9.17, 15) is 50.3 Å². The maximum atomic E-state index is 15.9. The SMILES string of the molecule is C=CCC(COC(=O)C=C)(COC(=O)C=C)C(F)(F)C(F)(F)C(F)(F)C(F)(F)C(F)(F)C(F)(F)C(F)(F)C(F)(F)C(F)(F)C(F)(F)C(COC(=O)C=C)(COC(=O)C=C)COC(=O)C=C. The van der Waals surface area contributed by atoms with Gasteiger partial charge in [0, 0.05) is 30.4 Å².